The van der Waals surface area contributed by atoms with Gasteiger partial charge in [0.1, 0.15) is 29.7 Å². The van der Waals surface area contributed by atoms with E-state index in [2.05, 4.69) is 38.2 Å². The van der Waals surface area contributed by atoms with Gasteiger partial charge in [0.2, 0.25) is 0 Å². The molecular formula is C32H36FNO4. The largest absolute Gasteiger partial charge is 0.496 e. The zero-order valence-electron chi connectivity index (χ0n) is 23.2. The summed E-state index contributed by atoms with van der Waals surface area (Å²) in [5.41, 5.74) is 6.54. The SMILES string of the molecule is COc1cc(OC(=O)CC(C)C)ccc1-c1ccc2c(c1COc1cc(F)ccc1C)C(C)=CC(C)(C)N2. The van der Waals surface area contributed by atoms with Crippen LogP contribution in [0.25, 0.3) is 16.7 Å². The quantitative estimate of drug-likeness (QED) is 0.243. The van der Waals surface area contributed by atoms with Crippen LogP contribution in [0.1, 0.15) is 57.7 Å². The van der Waals surface area contributed by atoms with Gasteiger partial charge >= 0.3 is 5.97 Å². The van der Waals surface area contributed by atoms with Gasteiger partial charge in [-0.2, -0.15) is 0 Å². The average Bonchev–Trinajstić information content (AvgIpc) is 2.83. The number of allylic oxidation sites excluding steroid dienone is 1. The molecule has 3 aromatic carbocycles. The fraction of sp³-hybridized carbons (Fsp3) is 0.344. The minimum atomic E-state index is -0.343. The van der Waals surface area contributed by atoms with Crippen LogP contribution in [-0.4, -0.2) is 18.6 Å². The molecule has 0 radical (unpaired) electrons. The number of halogens is 1. The van der Waals surface area contributed by atoms with Gasteiger partial charge in [-0.15, -0.1) is 0 Å². The summed E-state index contributed by atoms with van der Waals surface area (Å²) in [7, 11) is 1.60. The Morgan fingerprint density at radius 1 is 1.00 bits per heavy atom. The fourth-order valence-corrected chi connectivity index (χ4v) is 4.94. The number of hydrogen-bond donors (Lipinski definition) is 1. The Morgan fingerprint density at radius 3 is 2.45 bits per heavy atom. The third-order valence-electron chi connectivity index (χ3n) is 6.53. The molecule has 1 aliphatic heterocycles. The summed E-state index contributed by atoms with van der Waals surface area (Å²) in [4.78, 5) is 12.2. The topological polar surface area (TPSA) is 56.8 Å². The van der Waals surface area contributed by atoms with Crippen molar-refractivity contribution in [3.05, 3.63) is 77.1 Å². The van der Waals surface area contributed by atoms with E-state index in [4.69, 9.17) is 14.2 Å². The van der Waals surface area contributed by atoms with E-state index in [-0.39, 0.29) is 29.9 Å². The van der Waals surface area contributed by atoms with Crippen LogP contribution in [0.15, 0.2) is 54.6 Å². The number of methoxy groups -OCH3 is 1. The first-order valence-electron chi connectivity index (χ1n) is 12.9. The third-order valence-corrected chi connectivity index (χ3v) is 6.53. The highest BCUT2D eigenvalue weighted by Crippen LogP contribution is 2.43. The number of rotatable bonds is 8. The lowest BCUT2D eigenvalue weighted by atomic mass is 9.85. The lowest BCUT2D eigenvalue weighted by molar-refractivity contribution is -0.135. The molecule has 1 heterocycles. The summed E-state index contributed by atoms with van der Waals surface area (Å²) in [5.74, 6) is 1.09. The molecule has 0 unspecified atom stereocenters. The molecule has 0 aromatic heterocycles. The standard InChI is InChI=1S/C32H36FNO4/c1-19(2)14-30(35)38-23-10-11-25(29(16-23)36-7)24-12-13-27-31(21(4)17-32(5,6)34-27)26(24)18-37-28-15-22(33)9-8-20(28)3/h8-13,15-17,19,34H,14,18H2,1-7H3. The molecule has 0 aliphatic carbocycles. The third kappa shape index (κ3) is 6.01. The van der Waals surface area contributed by atoms with Crippen molar-refractivity contribution in [2.45, 2.75) is 60.1 Å². The molecule has 1 aliphatic rings. The highest BCUT2D eigenvalue weighted by atomic mass is 19.1. The van der Waals surface area contributed by atoms with Crippen molar-refractivity contribution in [1.29, 1.82) is 0 Å². The van der Waals surface area contributed by atoms with Gasteiger partial charge in [-0.1, -0.05) is 32.1 Å². The number of anilines is 1. The van der Waals surface area contributed by atoms with Gasteiger partial charge in [0.05, 0.1) is 12.6 Å². The molecule has 4 rings (SSSR count). The van der Waals surface area contributed by atoms with Crippen LogP contribution in [0.5, 0.6) is 17.2 Å². The normalized spacial score (nSPS) is 13.9. The molecule has 0 atom stereocenters. The van der Waals surface area contributed by atoms with E-state index in [9.17, 15) is 9.18 Å². The van der Waals surface area contributed by atoms with Crippen molar-refractivity contribution < 1.29 is 23.4 Å². The molecule has 200 valence electrons. The Bertz CT molecular complexity index is 1390. The van der Waals surface area contributed by atoms with Crippen molar-refractivity contribution in [1.82, 2.24) is 0 Å². The summed E-state index contributed by atoms with van der Waals surface area (Å²) >= 11 is 0. The second-order valence-electron chi connectivity index (χ2n) is 10.8. The molecular weight excluding hydrogens is 481 g/mol. The van der Waals surface area contributed by atoms with Crippen molar-refractivity contribution in [3.8, 4) is 28.4 Å². The lowest BCUT2D eigenvalue weighted by Gasteiger charge is -2.33. The van der Waals surface area contributed by atoms with E-state index in [1.54, 1.807) is 25.3 Å². The number of carbonyl (C=O) groups excluding carboxylic acids is 1. The maximum absolute atomic E-state index is 14.0. The number of benzene rings is 3. The van der Waals surface area contributed by atoms with E-state index in [0.29, 0.717) is 23.7 Å². The molecule has 5 nitrogen and oxygen atoms in total. The van der Waals surface area contributed by atoms with Gasteiger partial charge in [-0.25, -0.2) is 4.39 Å². The molecule has 0 fully saturated rings. The predicted molar refractivity (Wildman–Crippen MR) is 150 cm³/mol. The Balaban J connectivity index is 1.79. The number of fused-ring (bicyclic) bond motifs is 1. The Kier molecular flexibility index (Phi) is 7.81. The molecule has 1 N–H and O–H groups in total. The smallest absolute Gasteiger partial charge is 0.311 e. The van der Waals surface area contributed by atoms with Crippen molar-refractivity contribution >= 4 is 17.2 Å². The number of carbonyl (C=O) groups is 1. The Morgan fingerprint density at radius 2 is 1.74 bits per heavy atom. The van der Waals surface area contributed by atoms with Crippen molar-refractivity contribution in [2.75, 3.05) is 12.4 Å². The number of esters is 1. The van der Waals surface area contributed by atoms with E-state index in [1.807, 2.05) is 32.9 Å². The fourth-order valence-electron chi connectivity index (χ4n) is 4.94. The van der Waals surface area contributed by atoms with Crippen LogP contribution in [0.2, 0.25) is 0 Å². The maximum atomic E-state index is 14.0. The van der Waals surface area contributed by atoms with Crippen molar-refractivity contribution in [3.63, 3.8) is 0 Å². The molecule has 0 amide bonds. The van der Waals surface area contributed by atoms with Gasteiger partial charge in [0.15, 0.2) is 0 Å². The average molecular weight is 518 g/mol. The first kappa shape index (κ1) is 27.2. The summed E-state index contributed by atoms with van der Waals surface area (Å²) in [6.45, 7) is 12.4. The molecule has 3 aromatic rings. The molecule has 38 heavy (non-hydrogen) atoms. The Hall–Kier alpha value is -3.80. The molecule has 0 saturated heterocycles. The number of aryl methyl sites for hydroxylation is 1. The zero-order chi connectivity index (χ0) is 27.6. The molecule has 0 saturated carbocycles. The van der Waals surface area contributed by atoms with Crippen LogP contribution in [0.3, 0.4) is 0 Å². The lowest BCUT2D eigenvalue weighted by Crippen LogP contribution is -2.32. The first-order valence-corrected chi connectivity index (χ1v) is 12.9. The van der Waals surface area contributed by atoms with Gasteiger partial charge in [0, 0.05) is 40.9 Å². The summed E-state index contributed by atoms with van der Waals surface area (Å²) in [6.07, 6.45) is 2.54. The predicted octanol–water partition coefficient (Wildman–Crippen LogP) is 7.95. The van der Waals surface area contributed by atoms with E-state index < -0.39 is 0 Å². The second-order valence-corrected chi connectivity index (χ2v) is 10.8. The van der Waals surface area contributed by atoms with Crippen LogP contribution in [-0.2, 0) is 11.4 Å². The highest BCUT2D eigenvalue weighted by Gasteiger charge is 2.27. The summed E-state index contributed by atoms with van der Waals surface area (Å²) in [6, 6.07) is 14.1. The first-order chi connectivity index (χ1) is 18.0. The van der Waals surface area contributed by atoms with Gasteiger partial charge in [-0.3, -0.25) is 4.79 Å². The second kappa shape index (κ2) is 10.9. The van der Waals surface area contributed by atoms with Gasteiger partial charge in [0.25, 0.3) is 0 Å². The van der Waals surface area contributed by atoms with Crippen LogP contribution >= 0.6 is 0 Å². The van der Waals surface area contributed by atoms with Crippen LogP contribution in [0, 0.1) is 18.7 Å². The zero-order valence-corrected chi connectivity index (χ0v) is 23.2. The maximum Gasteiger partial charge on any atom is 0.311 e. The molecule has 0 bridgehead atoms. The summed E-state index contributed by atoms with van der Waals surface area (Å²) < 4.78 is 31.5. The molecule has 0 spiro atoms. The Labute approximate surface area is 224 Å². The minimum absolute atomic E-state index is 0.199. The van der Waals surface area contributed by atoms with Crippen LogP contribution < -0.4 is 19.5 Å². The van der Waals surface area contributed by atoms with E-state index in [1.165, 1.54) is 12.1 Å². The van der Waals surface area contributed by atoms with Crippen LogP contribution in [0.4, 0.5) is 10.1 Å². The minimum Gasteiger partial charge on any atom is -0.496 e. The number of ether oxygens (including phenoxy) is 3. The highest BCUT2D eigenvalue weighted by molar-refractivity contribution is 5.88. The van der Waals surface area contributed by atoms with Gasteiger partial charge in [-0.05, 0) is 74.6 Å². The van der Waals surface area contributed by atoms with Crippen molar-refractivity contribution in [2.24, 2.45) is 5.92 Å². The number of nitrogens with one attached hydrogen (secondary N) is 1. The molecule has 6 heteroatoms. The van der Waals surface area contributed by atoms with E-state index in [0.717, 1.165) is 39.1 Å². The summed E-state index contributed by atoms with van der Waals surface area (Å²) in [5, 5.41) is 3.60. The number of hydrogen-bond acceptors (Lipinski definition) is 5. The monoisotopic (exact) mass is 517 g/mol. The van der Waals surface area contributed by atoms with E-state index >= 15 is 0 Å². The van der Waals surface area contributed by atoms with Gasteiger partial charge < -0.3 is 19.5 Å².